The van der Waals surface area contributed by atoms with Crippen molar-refractivity contribution >= 4 is 24.1 Å². The second-order valence-electron chi connectivity index (χ2n) is 6.87. The molecule has 0 radical (unpaired) electrons. The minimum Gasteiger partial charge on any atom is -0.341 e. The van der Waals surface area contributed by atoms with Crippen molar-refractivity contribution in [2.45, 2.75) is 32.6 Å². The fourth-order valence-electron chi connectivity index (χ4n) is 3.41. The molecular formula is C19H25N7. The summed E-state index contributed by atoms with van der Waals surface area (Å²) in [5, 5.41) is 4.34. The van der Waals surface area contributed by atoms with Crippen LogP contribution in [-0.2, 0) is 0 Å². The number of hydrazone groups is 1. The van der Waals surface area contributed by atoms with Gasteiger partial charge in [0.15, 0.2) is 0 Å². The average Bonchev–Trinajstić information content (AvgIpc) is 3.37. The molecule has 136 valence electrons. The van der Waals surface area contributed by atoms with Gasteiger partial charge in [0.25, 0.3) is 0 Å². The van der Waals surface area contributed by atoms with Crippen LogP contribution in [0.15, 0.2) is 29.4 Å². The first-order valence-corrected chi connectivity index (χ1v) is 9.40. The minimum atomic E-state index is 0.508. The van der Waals surface area contributed by atoms with Crippen molar-refractivity contribution in [1.82, 2.24) is 15.0 Å². The Morgan fingerprint density at radius 1 is 0.885 bits per heavy atom. The lowest BCUT2D eigenvalue weighted by Gasteiger charge is -2.20. The number of hydrogen-bond donors (Lipinski definition) is 1. The van der Waals surface area contributed by atoms with E-state index >= 15 is 0 Å². The largest absolute Gasteiger partial charge is 0.341 e. The number of hydrogen-bond acceptors (Lipinski definition) is 7. The van der Waals surface area contributed by atoms with E-state index in [0.29, 0.717) is 5.95 Å². The van der Waals surface area contributed by atoms with Crippen LogP contribution in [0.1, 0.15) is 36.8 Å². The Morgan fingerprint density at radius 3 is 2.04 bits per heavy atom. The normalized spacial score (nSPS) is 17.4. The Hall–Kier alpha value is -2.70. The molecule has 1 aromatic heterocycles. The number of aryl methyl sites for hydroxylation is 1. The topological polar surface area (TPSA) is 69.5 Å². The van der Waals surface area contributed by atoms with Gasteiger partial charge in [0.05, 0.1) is 6.21 Å². The molecule has 7 nitrogen and oxygen atoms in total. The SMILES string of the molecule is Cc1ccccc1C=NNc1nc(N2CCCC2)nc(N2CCCC2)n1. The summed E-state index contributed by atoms with van der Waals surface area (Å²) in [5.74, 6) is 2.02. The molecule has 3 heterocycles. The van der Waals surface area contributed by atoms with Gasteiger partial charge in [0.1, 0.15) is 0 Å². The van der Waals surface area contributed by atoms with Crippen molar-refractivity contribution in [3.8, 4) is 0 Å². The van der Waals surface area contributed by atoms with E-state index in [1.807, 2.05) is 24.4 Å². The molecule has 4 rings (SSSR count). The Kier molecular flexibility index (Phi) is 4.95. The molecule has 1 aromatic carbocycles. The van der Waals surface area contributed by atoms with Crippen molar-refractivity contribution < 1.29 is 0 Å². The number of rotatable bonds is 5. The molecule has 2 aliphatic rings. The van der Waals surface area contributed by atoms with Crippen LogP contribution in [0.5, 0.6) is 0 Å². The fourth-order valence-corrected chi connectivity index (χ4v) is 3.41. The van der Waals surface area contributed by atoms with Gasteiger partial charge in [-0.2, -0.15) is 20.1 Å². The lowest BCUT2D eigenvalue weighted by molar-refractivity contribution is 0.838. The van der Waals surface area contributed by atoms with E-state index < -0.39 is 0 Å². The number of anilines is 3. The molecule has 7 heteroatoms. The van der Waals surface area contributed by atoms with Crippen LogP contribution >= 0.6 is 0 Å². The molecule has 0 saturated carbocycles. The smallest absolute Gasteiger partial charge is 0.250 e. The van der Waals surface area contributed by atoms with Crippen LogP contribution in [0, 0.1) is 6.92 Å². The third-order valence-corrected chi connectivity index (χ3v) is 4.95. The molecule has 0 spiro atoms. The van der Waals surface area contributed by atoms with Crippen molar-refractivity contribution in [3.05, 3.63) is 35.4 Å². The van der Waals surface area contributed by atoms with Gasteiger partial charge < -0.3 is 9.80 Å². The average molecular weight is 351 g/mol. The summed E-state index contributed by atoms with van der Waals surface area (Å²) >= 11 is 0. The highest BCUT2D eigenvalue weighted by Gasteiger charge is 2.21. The summed E-state index contributed by atoms with van der Waals surface area (Å²) in [5.41, 5.74) is 5.26. The lowest BCUT2D eigenvalue weighted by atomic mass is 10.1. The van der Waals surface area contributed by atoms with Crippen LogP contribution in [-0.4, -0.2) is 47.3 Å². The minimum absolute atomic E-state index is 0.508. The first-order valence-electron chi connectivity index (χ1n) is 9.40. The maximum atomic E-state index is 4.72. The summed E-state index contributed by atoms with van der Waals surface area (Å²) in [6.07, 6.45) is 6.58. The predicted octanol–water partition coefficient (Wildman–Crippen LogP) is 2.83. The monoisotopic (exact) mass is 351 g/mol. The van der Waals surface area contributed by atoms with Gasteiger partial charge >= 0.3 is 0 Å². The zero-order valence-electron chi connectivity index (χ0n) is 15.2. The summed E-state index contributed by atoms with van der Waals surface area (Å²) < 4.78 is 0. The summed E-state index contributed by atoms with van der Waals surface area (Å²) in [6.45, 7) is 6.11. The van der Waals surface area contributed by atoms with Gasteiger partial charge in [-0.25, -0.2) is 5.43 Å². The molecule has 0 atom stereocenters. The Bertz CT molecular complexity index is 743. The van der Waals surface area contributed by atoms with Crippen LogP contribution in [0.2, 0.25) is 0 Å². The van der Waals surface area contributed by atoms with Crippen LogP contribution in [0.4, 0.5) is 17.8 Å². The second kappa shape index (κ2) is 7.68. The van der Waals surface area contributed by atoms with Gasteiger partial charge in [-0.15, -0.1) is 0 Å². The quantitative estimate of drug-likeness (QED) is 0.660. The van der Waals surface area contributed by atoms with E-state index in [4.69, 9.17) is 4.98 Å². The molecule has 2 aliphatic heterocycles. The third kappa shape index (κ3) is 3.76. The third-order valence-electron chi connectivity index (χ3n) is 4.95. The summed E-state index contributed by atoms with van der Waals surface area (Å²) in [6, 6.07) is 8.14. The highest BCUT2D eigenvalue weighted by Crippen LogP contribution is 2.22. The van der Waals surface area contributed by atoms with E-state index in [1.54, 1.807) is 0 Å². The molecule has 0 aliphatic carbocycles. The molecular weight excluding hydrogens is 326 g/mol. The molecule has 0 unspecified atom stereocenters. The number of aromatic nitrogens is 3. The van der Waals surface area contributed by atoms with E-state index in [2.05, 4.69) is 43.3 Å². The first kappa shape index (κ1) is 16.8. The first-order chi connectivity index (χ1) is 12.8. The van der Waals surface area contributed by atoms with Crippen LogP contribution in [0.25, 0.3) is 0 Å². The number of nitrogens with zero attached hydrogens (tertiary/aromatic N) is 6. The van der Waals surface area contributed by atoms with Gasteiger partial charge in [-0.1, -0.05) is 24.3 Å². The molecule has 26 heavy (non-hydrogen) atoms. The zero-order valence-corrected chi connectivity index (χ0v) is 15.2. The van der Waals surface area contributed by atoms with Crippen molar-refractivity contribution in [1.29, 1.82) is 0 Å². The highest BCUT2D eigenvalue weighted by atomic mass is 15.4. The van der Waals surface area contributed by atoms with Crippen molar-refractivity contribution in [3.63, 3.8) is 0 Å². The second-order valence-corrected chi connectivity index (χ2v) is 6.87. The van der Waals surface area contributed by atoms with Crippen molar-refractivity contribution in [2.75, 3.05) is 41.4 Å². The summed E-state index contributed by atoms with van der Waals surface area (Å²) in [7, 11) is 0. The van der Waals surface area contributed by atoms with Crippen LogP contribution in [0.3, 0.4) is 0 Å². The Labute approximate surface area is 154 Å². The van der Waals surface area contributed by atoms with Gasteiger partial charge in [0.2, 0.25) is 17.8 Å². The van der Waals surface area contributed by atoms with Gasteiger partial charge in [-0.05, 0) is 43.7 Å². The van der Waals surface area contributed by atoms with Gasteiger partial charge in [0, 0.05) is 26.2 Å². The Morgan fingerprint density at radius 2 is 1.46 bits per heavy atom. The van der Waals surface area contributed by atoms with E-state index in [0.717, 1.165) is 43.6 Å². The molecule has 2 fully saturated rings. The molecule has 0 bridgehead atoms. The van der Waals surface area contributed by atoms with Crippen molar-refractivity contribution in [2.24, 2.45) is 5.10 Å². The standard InChI is InChI=1S/C19H25N7/c1-15-8-2-3-9-16(15)14-20-24-17-21-18(25-10-4-5-11-25)23-19(22-17)26-12-6-7-13-26/h2-3,8-9,14H,4-7,10-13H2,1H3,(H,21,22,23,24). The van der Waals surface area contributed by atoms with E-state index in [1.165, 1.54) is 31.2 Å². The molecule has 0 amide bonds. The molecule has 2 saturated heterocycles. The number of nitrogens with one attached hydrogen (secondary N) is 1. The maximum Gasteiger partial charge on any atom is 0.250 e. The van der Waals surface area contributed by atoms with E-state index in [9.17, 15) is 0 Å². The Balaban J connectivity index is 1.56. The molecule has 2 aromatic rings. The van der Waals surface area contributed by atoms with E-state index in [-0.39, 0.29) is 0 Å². The fraction of sp³-hybridized carbons (Fsp3) is 0.474. The highest BCUT2D eigenvalue weighted by molar-refractivity contribution is 5.81. The summed E-state index contributed by atoms with van der Waals surface area (Å²) in [4.78, 5) is 18.4. The predicted molar refractivity (Wildman–Crippen MR) is 105 cm³/mol. The van der Waals surface area contributed by atoms with Crippen LogP contribution < -0.4 is 15.2 Å². The zero-order chi connectivity index (χ0) is 17.8. The van der Waals surface area contributed by atoms with Gasteiger partial charge in [-0.3, -0.25) is 0 Å². The number of benzene rings is 1. The molecule has 1 N–H and O–H groups in total. The lowest BCUT2D eigenvalue weighted by Crippen LogP contribution is -2.25. The maximum absolute atomic E-state index is 4.72.